The van der Waals surface area contributed by atoms with Gasteiger partial charge < -0.3 is 23.4 Å². The number of benzene rings is 3. The molecule has 0 amide bonds. The number of rotatable bonds is 7. The van der Waals surface area contributed by atoms with Crippen molar-refractivity contribution in [1.82, 2.24) is 0 Å². The Kier molecular flexibility index (Phi) is 7.12. The molecule has 1 aliphatic heterocycles. The molecule has 1 aromatic heterocycles. The highest BCUT2D eigenvalue weighted by Gasteiger charge is 2.17. The van der Waals surface area contributed by atoms with E-state index < -0.39 is 0 Å². The number of methoxy groups -OCH3 is 1. The summed E-state index contributed by atoms with van der Waals surface area (Å²) < 4.78 is 28.3. The normalized spacial score (nSPS) is 12.7. The van der Waals surface area contributed by atoms with E-state index in [1.807, 2.05) is 36.4 Å². The fourth-order valence-corrected chi connectivity index (χ4v) is 4.35. The van der Waals surface area contributed by atoms with E-state index in [2.05, 4.69) is 6.92 Å². The minimum absolute atomic E-state index is 0.113. The molecule has 2 heterocycles. The molecule has 0 saturated carbocycles. The van der Waals surface area contributed by atoms with E-state index in [-0.39, 0.29) is 11.4 Å². The number of carbonyl (C=O) groups excluding carboxylic acids is 1. The average Bonchev–Trinajstić information content (AvgIpc) is 3.17. The number of fused-ring (bicyclic) bond motifs is 2. The second-order valence-electron chi connectivity index (χ2n) is 8.87. The van der Waals surface area contributed by atoms with Crippen LogP contribution in [0.3, 0.4) is 0 Å². The molecule has 0 unspecified atom stereocenters. The molecule has 0 fully saturated rings. The van der Waals surface area contributed by atoms with Crippen LogP contribution < -0.4 is 19.6 Å². The van der Waals surface area contributed by atoms with Crippen molar-refractivity contribution in [2.75, 3.05) is 20.3 Å². The highest BCUT2D eigenvalue weighted by Crippen LogP contribution is 2.34. The first-order chi connectivity index (χ1) is 18.1. The number of carbonyl (C=O) groups is 1. The van der Waals surface area contributed by atoms with Crippen LogP contribution in [0.15, 0.2) is 70.1 Å². The van der Waals surface area contributed by atoms with Gasteiger partial charge in [-0.3, -0.25) is 4.79 Å². The molecule has 0 atom stereocenters. The molecule has 0 saturated heterocycles. The summed E-state index contributed by atoms with van der Waals surface area (Å²) in [5, 5.41) is 0.503. The van der Waals surface area contributed by atoms with Gasteiger partial charge in [0.25, 0.3) is 0 Å². The number of hydrogen-bond acceptors (Lipinski definition) is 7. The summed E-state index contributed by atoms with van der Waals surface area (Å²) in [7, 11) is 1.35. The molecular formula is C30H28O7. The second kappa shape index (κ2) is 10.8. The standard InChI is InChI=1S/C30H28O7/c1-3-5-22-14-23-27(16-26(22)36-17-19-6-8-20(9-7-19)30(32)33-2)37-18-24(29(23)31)21-10-11-25-28(15-21)35-13-4-12-34-25/h6-11,14-16,18H,3-5,12-13,17H2,1-2H3. The molecule has 7 heteroatoms. The lowest BCUT2D eigenvalue weighted by Crippen LogP contribution is -2.07. The Labute approximate surface area is 214 Å². The maximum absolute atomic E-state index is 13.5. The summed E-state index contributed by atoms with van der Waals surface area (Å²) in [6.45, 7) is 3.56. The summed E-state index contributed by atoms with van der Waals surface area (Å²) >= 11 is 0. The number of hydrogen-bond donors (Lipinski definition) is 0. The summed E-state index contributed by atoms with van der Waals surface area (Å²) in [5.41, 5.74) is 3.84. The third kappa shape index (κ3) is 5.16. The molecule has 0 aliphatic carbocycles. The van der Waals surface area contributed by atoms with Crippen molar-refractivity contribution in [3.05, 3.63) is 87.8 Å². The van der Waals surface area contributed by atoms with Crippen molar-refractivity contribution >= 4 is 16.9 Å². The largest absolute Gasteiger partial charge is 0.490 e. The van der Waals surface area contributed by atoms with Crippen molar-refractivity contribution in [3.8, 4) is 28.4 Å². The maximum atomic E-state index is 13.5. The molecule has 1 aliphatic rings. The van der Waals surface area contributed by atoms with Crippen LogP contribution in [0.1, 0.15) is 41.3 Å². The van der Waals surface area contributed by atoms with E-state index in [1.165, 1.54) is 13.4 Å². The molecule has 0 spiro atoms. The highest BCUT2D eigenvalue weighted by molar-refractivity contribution is 5.89. The second-order valence-corrected chi connectivity index (χ2v) is 8.87. The zero-order valence-corrected chi connectivity index (χ0v) is 20.9. The first kappa shape index (κ1) is 24.4. The third-order valence-electron chi connectivity index (χ3n) is 6.30. The smallest absolute Gasteiger partial charge is 0.337 e. The Morgan fingerprint density at radius 2 is 1.76 bits per heavy atom. The van der Waals surface area contributed by atoms with Crippen LogP contribution in [0.25, 0.3) is 22.1 Å². The van der Waals surface area contributed by atoms with Crippen LogP contribution in [-0.4, -0.2) is 26.3 Å². The van der Waals surface area contributed by atoms with E-state index in [9.17, 15) is 9.59 Å². The van der Waals surface area contributed by atoms with Gasteiger partial charge in [-0.2, -0.15) is 0 Å². The Morgan fingerprint density at radius 1 is 0.973 bits per heavy atom. The minimum atomic E-state index is -0.381. The fraction of sp³-hybridized carbons (Fsp3) is 0.267. The lowest BCUT2D eigenvalue weighted by Gasteiger charge is -2.13. The van der Waals surface area contributed by atoms with Crippen LogP contribution in [-0.2, 0) is 17.8 Å². The number of aryl methyl sites for hydroxylation is 1. The predicted octanol–water partition coefficient (Wildman–Crippen LogP) is 5.94. The fourth-order valence-electron chi connectivity index (χ4n) is 4.35. The van der Waals surface area contributed by atoms with Crippen molar-refractivity contribution in [1.29, 1.82) is 0 Å². The van der Waals surface area contributed by atoms with Gasteiger partial charge in [-0.1, -0.05) is 31.5 Å². The van der Waals surface area contributed by atoms with Crippen LogP contribution in [0.2, 0.25) is 0 Å². The summed E-state index contributed by atoms with van der Waals surface area (Å²) in [5.74, 6) is 1.59. The van der Waals surface area contributed by atoms with E-state index in [4.69, 9.17) is 23.4 Å². The van der Waals surface area contributed by atoms with Gasteiger partial charge in [0.15, 0.2) is 11.5 Å². The van der Waals surface area contributed by atoms with Gasteiger partial charge in [-0.15, -0.1) is 0 Å². The average molecular weight is 501 g/mol. The summed E-state index contributed by atoms with van der Waals surface area (Å²) in [4.78, 5) is 25.2. The lowest BCUT2D eigenvalue weighted by molar-refractivity contribution is 0.0600. The van der Waals surface area contributed by atoms with Crippen molar-refractivity contribution in [2.24, 2.45) is 0 Å². The Hall–Kier alpha value is -4.26. The number of ether oxygens (including phenoxy) is 4. The van der Waals surface area contributed by atoms with Crippen LogP contribution >= 0.6 is 0 Å². The first-order valence-corrected chi connectivity index (χ1v) is 12.4. The Morgan fingerprint density at radius 3 is 2.51 bits per heavy atom. The molecule has 0 radical (unpaired) electrons. The number of esters is 1. The molecular weight excluding hydrogens is 472 g/mol. The maximum Gasteiger partial charge on any atom is 0.337 e. The van der Waals surface area contributed by atoms with Gasteiger partial charge in [-0.25, -0.2) is 4.79 Å². The van der Waals surface area contributed by atoms with Gasteiger partial charge >= 0.3 is 5.97 Å². The highest BCUT2D eigenvalue weighted by atomic mass is 16.5. The van der Waals surface area contributed by atoms with Crippen LogP contribution in [0, 0.1) is 0 Å². The summed E-state index contributed by atoms with van der Waals surface area (Å²) in [6.07, 6.45) is 3.94. The minimum Gasteiger partial charge on any atom is -0.490 e. The third-order valence-corrected chi connectivity index (χ3v) is 6.30. The Bertz CT molecular complexity index is 1480. The summed E-state index contributed by atoms with van der Waals surface area (Å²) in [6, 6.07) is 16.2. The van der Waals surface area contributed by atoms with Crippen LogP contribution in [0.5, 0.6) is 17.2 Å². The predicted molar refractivity (Wildman–Crippen MR) is 140 cm³/mol. The molecule has 3 aromatic carbocycles. The van der Waals surface area contributed by atoms with E-state index >= 15 is 0 Å². The van der Waals surface area contributed by atoms with Gasteiger partial charge in [0.2, 0.25) is 5.43 Å². The zero-order valence-electron chi connectivity index (χ0n) is 20.9. The molecule has 190 valence electrons. The quantitative estimate of drug-likeness (QED) is 0.290. The van der Waals surface area contributed by atoms with Crippen molar-refractivity contribution in [3.63, 3.8) is 0 Å². The zero-order chi connectivity index (χ0) is 25.8. The van der Waals surface area contributed by atoms with E-state index in [1.54, 1.807) is 18.2 Å². The van der Waals surface area contributed by atoms with Gasteiger partial charge in [0.05, 0.1) is 36.8 Å². The van der Waals surface area contributed by atoms with Gasteiger partial charge in [0, 0.05) is 12.5 Å². The Balaban J connectivity index is 1.45. The van der Waals surface area contributed by atoms with Gasteiger partial charge in [0.1, 0.15) is 24.2 Å². The molecule has 5 rings (SSSR count). The molecule has 4 aromatic rings. The molecule has 37 heavy (non-hydrogen) atoms. The van der Waals surface area contributed by atoms with Crippen LogP contribution in [0.4, 0.5) is 0 Å². The van der Waals surface area contributed by atoms with Gasteiger partial charge in [-0.05, 0) is 53.4 Å². The van der Waals surface area contributed by atoms with E-state index in [0.29, 0.717) is 64.7 Å². The topological polar surface area (TPSA) is 84.2 Å². The molecule has 0 bridgehead atoms. The molecule has 0 N–H and O–H groups in total. The SMILES string of the molecule is CCCc1cc2c(=O)c(-c3ccc4c(c3)OCCCO4)coc2cc1OCc1ccc(C(=O)OC)cc1. The lowest BCUT2D eigenvalue weighted by atomic mass is 10.0. The molecule has 7 nitrogen and oxygen atoms in total. The van der Waals surface area contributed by atoms with Crippen molar-refractivity contribution in [2.45, 2.75) is 32.8 Å². The monoisotopic (exact) mass is 500 g/mol. The first-order valence-electron chi connectivity index (χ1n) is 12.4. The van der Waals surface area contributed by atoms with E-state index in [0.717, 1.165) is 30.4 Å². The van der Waals surface area contributed by atoms with Crippen molar-refractivity contribution < 1.29 is 28.2 Å².